The van der Waals surface area contributed by atoms with Crippen molar-refractivity contribution >= 4 is 10.8 Å². The van der Waals surface area contributed by atoms with Crippen molar-refractivity contribution in [3.8, 4) is 5.75 Å². The molecule has 2 unspecified atom stereocenters. The molecule has 1 aliphatic heterocycles. The number of fused-ring (bicyclic) bond motifs is 3. The van der Waals surface area contributed by atoms with E-state index in [9.17, 15) is 0 Å². The molecule has 3 rings (SSSR count). The van der Waals surface area contributed by atoms with Crippen LogP contribution < -0.4 is 10.5 Å². The lowest BCUT2D eigenvalue weighted by Gasteiger charge is -2.21. The Kier molecular flexibility index (Phi) is 2.96. The Morgan fingerprint density at radius 1 is 1.22 bits per heavy atom. The predicted molar refractivity (Wildman–Crippen MR) is 75.1 cm³/mol. The normalized spacial score (nSPS) is 20.9. The highest BCUT2D eigenvalue weighted by Crippen LogP contribution is 2.39. The number of nitrogens with two attached hydrogens (primary N) is 1. The number of benzene rings is 2. The Labute approximate surface area is 108 Å². The van der Waals surface area contributed by atoms with Gasteiger partial charge < -0.3 is 10.5 Å². The van der Waals surface area contributed by atoms with Gasteiger partial charge in [0, 0.05) is 17.3 Å². The van der Waals surface area contributed by atoms with Crippen molar-refractivity contribution in [2.45, 2.75) is 31.7 Å². The molecule has 0 spiro atoms. The quantitative estimate of drug-likeness (QED) is 0.830. The summed E-state index contributed by atoms with van der Waals surface area (Å²) in [4.78, 5) is 0. The van der Waals surface area contributed by atoms with Crippen LogP contribution >= 0.6 is 0 Å². The molecule has 0 amide bonds. The van der Waals surface area contributed by atoms with Crippen LogP contribution in [0.1, 0.15) is 31.2 Å². The van der Waals surface area contributed by atoms with E-state index >= 15 is 0 Å². The van der Waals surface area contributed by atoms with E-state index < -0.39 is 0 Å². The van der Waals surface area contributed by atoms with Crippen molar-refractivity contribution in [2.75, 3.05) is 6.61 Å². The summed E-state index contributed by atoms with van der Waals surface area (Å²) in [5, 5.41) is 2.45. The number of rotatable bonds is 1. The molecule has 0 radical (unpaired) electrons. The van der Waals surface area contributed by atoms with Crippen LogP contribution in [0.5, 0.6) is 5.75 Å². The van der Waals surface area contributed by atoms with E-state index in [0.29, 0.717) is 5.92 Å². The van der Waals surface area contributed by atoms with Gasteiger partial charge >= 0.3 is 0 Å². The maximum absolute atomic E-state index is 6.14. The van der Waals surface area contributed by atoms with Gasteiger partial charge in [-0.2, -0.15) is 0 Å². The Balaban J connectivity index is 2.22. The standard InChI is InChI=1S/C16H19NO/c1-11(17)13-7-4-10-18-16-14-6-3-2-5-12(14)8-9-15(13)16/h2-3,5-6,8-9,11,13H,4,7,10,17H2,1H3. The molecule has 2 nitrogen and oxygen atoms in total. The van der Waals surface area contributed by atoms with Crippen molar-refractivity contribution in [1.82, 2.24) is 0 Å². The Hall–Kier alpha value is -1.54. The summed E-state index contributed by atoms with van der Waals surface area (Å²) in [6.07, 6.45) is 2.19. The zero-order valence-corrected chi connectivity index (χ0v) is 10.7. The van der Waals surface area contributed by atoms with Gasteiger partial charge in [-0.3, -0.25) is 0 Å². The van der Waals surface area contributed by atoms with E-state index in [1.165, 1.54) is 16.3 Å². The lowest BCUT2D eigenvalue weighted by atomic mass is 9.87. The maximum Gasteiger partial charge on any atom is 0.130 e. The summed E-state index contributed by atoms with van der Waals surface area (Å²) in [7, 11) is 0. The molecule has 0 saturated heterocycles. The van der Waals surface area contributed by atoms with Crippen molar-refractivity contribution in [2.24, 2.45) is 5.73 Å². The molecule has 1 aliphatic rings. The Bertz CT molecular complexity index is 562. The molecule has 0 bridgehead atoms. The fraction of sp³-hybridized carbons (Fsp3) is 0.375. The van der Waals surface area contributed by atoms with Crippen molar-refractivity contribution in [3.63, 3.8) is 0 Å². The van der Waals surface area contributed by atoms with Crippen LogP contribution in [0.15, 0.2) is 36.4 Å². The third kappa shape index (κ3) is 1.87. The van der Waals surface area contributed by atoms with Gasteiger partial charge in [0.1, 0.15) is 5.75 Å². The zero-order valence-electron chi connectivity index (χ0n) is 10.7. The molecule has 2 N–H and O–H groups in total. The molecule has 1 heterocycles. The van der Waals surface area contributed by atoms with Crippen LogP contribution in [0.2, 0.25) is 0 Å². The second-order valence-electron chi connectivity index (χ2n) is 5.16. The highest BCUT2D eigenvalue weighted by atomic mass is 16.5. The first-order chi connectivity index (χ1) is 8.77. The average Bonchev–Trinajstić information content (AvgIpc) is 2.60. The van der Waals surface area contributed by atoms with E-state index in [2.05, 4.69) is 43.3 Å². The molecular weight excluding hydrogens is 222 g/mol. The molecule has 0 fully saturated rings. The maximum atomic E-state index is 6.14. The fourth-order valence-corrected chi connectivity index (χ4v) is 2.89. The first kappa shape index (κ1) is 11.5. The van der Waals surface area contributed by atoms with Crippen molar-refractivity contribution in [1.29, 1.82) is 0 Å². The minimum Gasteiger partial charge on any atom is -0.493 e. The van der Waals surface area contributed by atoms with Gasteiger partial charge in [0.05, 0.1) is 6.61 Å². The van der Waals surface area contributed by atoms with Crippen molar-refractivity contribution in [3.05, 3.63) is 42.0 Å². The summed E-state index contributed by atoms with van der Waals surface area (Å²) >= 11 is 0. The smallest absolute Gasteiger partial charge is 0.130 e. The molecule has 2 aromatic rings. The monoisotopic (exact) mass is 241 g/mol. The third-order valence-electron chi connectivity index (χ3n) is 3.85. The van der Waals surface area contributed by atoms with Crippen LogP contribution in [0.4, 0.5) is 0 Å². The Morgan fingerprint density at radius 3 is 2.89 bits per heavy atom. The molecule has 0 aromatic heterocycles. The molecule has 0 saturated carbocycles. The predicted octanol–water partition coefficient (Wildman–Crippen LogP) is 3.44. The summed E-state index contributed by atoms with van der Waals surface area (Å²) in [5.74, 6) is 1.46. The summed E-state index contributed by atoms with van der Waals surface area (Å²) in [5.41, 5.74) is 7.42. The van der Waals surface area contributed by atoms with Gasteiger partial charge in [-0.05, 0) is 30.7 Å². The van der Waals surface area contributed by atoms with Crippen LogP contribution in [0.3, 0.4) is 0 Å². The van der Waals surface area contributed by atoms with Gasteiger partial charge in [-0.15, -0.1) is 0 Å². The molecule has 18 heavy (non-hydrogen) atoms. The summed E-state index contributed by atoms with van der Waals surface area (Å²) in [6, 6.07) is 12.9. The number of hydrogen-bond donors (Lipinski definition) is 1. The summed E-state index contributed by atoms with van der Waals surface area (Å²) < 4.78 is 5.99. The van der Waals surface area contributed by atoms with Crippen LogP contribution in [-0.2, 0) is 0 Å². The molecule has 2 heteroatoms. The highest BCUT2D eigenvalue weighted by molar-refractivity contribution is 5.89. The zero-order chi connectivity index (χ0) is 12.5. The van der Waals surface area contributed by atoms with Crippen molar-refractivity contribution < 1.29 is 4.74 Å². The highest BCUT2D eigenvalue weighted by Gasteiger charge is 2.24. The molecule has 2 aromatic carbocycles. The SMILES string of the molecule is CC(N)C1CCCOc2c1ccc1ccccc21. The summed E-state index contributed by atoms with van der Waals surface area (Å²) in [6.45, 7) is 2.89. The second kappa shape index (κ2) is 4.62. The molecule has 94 valence electrons. The van der Waals surface area contributed by atoms with E-state index in [1.54, 1.807) is 0 Å². The minimum atomic E-state index is 0.173. The lowest BCUT2D eigenvalue weighted by molar-refractivity contribution is 0.319. The topological polar surface area (TPSA) is 35.2 Å². The van der Waals surface area contributed by atoms with E-state index in [0.717, 1.165) is 25.2 Å². The molecule has 2 atom stereocenters. The van der Waals surface area contributed by atoms with Gasteiger partial charge in [0.2, 0.25) is 0 Å². The van der Waals surface area contributed by atoms with Gasteiger partial charge in [-0.1, -0.05) is 36.4 Å². The molecular formula is C16H19NO. The average molecular weight is 241 g/mol. The van der Waals surface area contributed by atoms with E-state index in [1.807, 2.05) is 0 Å². The van der Waals surface area contributed by atoms with Gasteiger partial charge in [0.25, 0.3) is 0 Å². The second-order valence-corrected chi connectivity index (χ2v) is 5.16. The lowest BCUT2D eigenvalue weighted by Crippen LogP contribution is -2.24. The van der Waals surface area contributed by atoms with E-state index in [-0.39, 0.29) is 6.04 Å². The molecule has 0 aliphatic carbocycles. The van der Waals surface area contributed by atoms with Gasteiger partial charge in [-0.25, -0.2) is 0 Å². The van der Waals surface area contributed by atoms with Gasteiger partial charge in [0.15, 0.2) is 0 Å². The largest absolute Gasteiger partial charge is 0.493 e. The minimum absolute atomic E-state index is 0.173. The number of hydrogen-bond acceptors (Lipinski definition) is 2. The first-order valence-corrected chi connectivity index (χ1v) is 6.67. The van der Waals surface area contributed by atoms with Crippen LogP contribution in [0, 0.1) is 0 Å². The fourth-order valence-electron chi connectivity index (χ4n) is 2.89. The number of ether oxygens (including phenoxy) is 1. The Morgan fingerprint density at radius 2 is 2.06 bits per heavy atom. The van der Waals surface area contributed by atoms with Crippen LogP contribution in [-0.4, -0.2) is 12.6 Å². The first-order valence-electron chi connectivity index (χ1n) is 6.67. The van der Waals surface area contributed by atoms with E-state index in [4.69, 9.17) is 10.5 Å². The third-order valence-corrected chi connectivity index (χ3v) is 3.85. The van der Waals surface area contributed by atoms with Crippen LogP contribution in [0.25, 0.3) is 10.8 Å².